The molecule has 20 heavy (non-hydrogen) atoms. The van der Waals surface area contributed by atoms with Gasteiger partial charge in [0.15, 0.2) is 0 Å². The summed E-state index contributed by atoms with van der Waals surface area (Å²) in [6.07, 6.45) is 1.82. The maximum atomic E-state index is 5.18. The monoisotopic (exact) mass is 270 g/mol. The van der Waals surface area contributed by atoms with Crippen LogP contribution in [-0.4, -0.2) is 43.3 Å². The van der Waals surface area contributed by atoms with Gasteiger partial charge in [-0.3, -0.25) is 0 Å². The van der Waals surface area contributed by atoms with Crippen molar-refractivity contribution >= 4 is 5.95 Å². The largest absolute Gasteiger partial charge is 0.497 e. The maximum Gasteiger partial charge on any atom is 0.225 e. The normalized spacial score (nSPS) is 15.2. The summed E-state index contributed by atoms with van der Waals surface area (Å²) < 4.78 is 5.18. The number of piperazine rings is 1. The molecule has 0 saturated carbocycles. The molecule has 0 unspecified atom stereocenters. The molecule has 1 aliphatic heterocycles. The molecule has 1 N–H and O–H groups in total. The Balaban J connectivity index is 1.85. The van der Waals surface area contributed by atoms with Gasteiger partial charge in [-0.15, -0.1) is 0 Å². The first-order valence-corrected chi connectivity index (χ1v) is 6.80. The summed E-state index contributed by atoms with van der Waals surface area (Å²) in [5, 5.41) is 3.33. The van der Waals surface area contributed by atoms with E-state index >= 15 is 0 Å². The van der Waals surface area contributed by atoms with Crippen molar-refractivity contribution in [1.29, 1.82) is 0 Å². The number of ether oxygens (including phenoxy) is 1. The second-order valence-corrected chi connectivity index (χ2v) is 4.71. The molecule has 0 spiro atoms. The van der Waals surface area contributed by atoms with Crippen LogP contribution < -0.4 is 15.0 Å². The van der Waals surface area contributed by atoms with E-state index in [1.807, 2.05) is 36.5 Å². The molecule has 3 rings (SSSR count). The lowest BCUT2D eigenvalue weighted by molar-refractivity contribution is 0.415. The molecule has 2 heterocycles. The van der Waals surface area contributed by atoms with Crippen LogP contribution in [0.3, 0.4) is 0 Å². The predicted octanol–water partition coefficient (Wildman–Crippen LogP) is 1.56. The Kier molecular flexibility index (Phi) is 3.78. The summed E-state index contributed by atoms with van der Waals surface area (Å²) in [5.74, 6) is 1.66. The summed E-state index contributed by atoms with van der Waals surface area (Å²) in [7, 11) is 1.67. The third-order valence-corrected chi connectivity index (χ3v) is 3.43. The van der Waals surface area contributed by atoms with E-state index in [0.717, 1.165) is 49.1 Å². The van der Waals surface area contributed by atoms with Crippen molar-refractivity contribution in [2.45, 2.75) is 0 Å². The highest BCUT2D eigenvalue weighted by Crippen LogP contribution is 2.22. The number of nitrogens with zero attached hydrogens (tertiary/aromatic N) is 3. The van der Waals surface area contributed by atoms with E-state index in [0.29, 0.717) is 0 Å². The number of aromatic nitrogens is 2. The molecule has 1 saturated heterocycles. The van der Waals surface area contributed by atoms with Gasteiger partial charge in [0.2, 0.25) is 5.95 Å². The van der Waals surface area contributed by atoms with E-state index in [4.69, 9.17) is 4.74 Å². The lowest BCUT2D eigenvalue weighted by Crippen LogP contribution is -2.44. The standard InChI is InChI=1S/C15H18N4O/c1-20-13-4-2-12(3-5-13)14-6-7-17-15(18-14)19-10-8-16-9-11-19/h2-7,16H,8-11H2,1H3. The van der Waals surface area contributed by atoms with Crippen molar-refractivity contribution in [3.63, 3.8) is 0 Å². The molecule has 1 aromatic carbocycles. The second kappa shape index (κ2) is 5.88. The van der Waals surface area contributed by atoms with Crippen LogP contribution in [0.4, 0.5) is 5.95 Å². The first-order valence-electron chi connectivity index (χ1n) is 6.80. The molecule has 0 bridgehead atoms. The topological polar surface area (TPSA) is 50.3 Å². The Morgan fingerprint density at radius 1 is 1.10 bits per heavy atom. The molecule has 0 radical (unpaired) electrons. The van der Waals surface area contributed by atoms with Gasteiger partial charge in [0.05, 0.1) is 12.8 Å². The molecule has 0 amide bonds. The Hall–Kier alpha value is -2.14. The average Bonchev–Trinajstić information content (AvgIpc) is 2.56. The molecule has 1 fully saturated rings. The molecule has 2 aromatic rings. The molecule has 104 valence electrons. The third-order valence-electron chi connectivity index (χ3n) is 3.43. The van der Waals surface area contributed by atoms with Crippen molar-refractivity contribution in [3.05, 3.63) is 36.5 Å². The van der Waals surface area contributed by atoms with Crippen molar-refractivity contribution in [2.24, 2.45) is 0 Å². The third kappa shape index (κ3) is 2.72. The summed E-state index contributed by atoms with van der Waals surface area (Å²) in [5.41, 5.74) is 2.01. The highest BCUT2D eigenvalue weighted by Gasteiger charge is 2.13. The van der Waals surface area contributed by atoms with Crippen LogP contribution in [0.25, 0.3) is 11.3 Å². The van der Waals surface area contributed by atoms with Crippen LogP contribution in [-0.2, 0) is 0 Å². The van der Waals surface area contributed by atoms with Gasteiger partial charge < -0.3 is 15.0 Å². The van der Waals surface area contributed by atoms with Gasteiger partial charge in [0.25, 0.3) is 0 Å². The zero-order valence-corrected chi connectivity index (χ0v) is 11.5. The Labute approximate surface area is 118 Å². The SMILES string of the molecule is COc1ccc(-c2ccnc(N3CCNCC3)n2)cc1. The molecule has 0 atom stereocenters. The summed E-state index contributed by atoms with van der Waals surface area (Å²) in [6.45, 7) is 3.87. The molecule has 5 heteroatoms. The van der Waals surface area contributed by atoms with E-state index in [9.17, 15) is 0 Å². The Morgan fingerprint density at radius 3 is 2.55 bits per heavy atom. The smallest absolute Gasteiger partial charge is 0.225 e. The minimum Gasteiger partial charge on any atom is -0.497 e. The molecule has 5 nitrogen and oxygen atoms in total. The van der Waals surface area contributed by atoms with E-state index in [1.165, 1.54) is 0 Å². The summed E-state index contributed by atoms with van der Waals surface area (Å²) in [4.78, 5) is 11.3. The minimum atomic E-state index is 0.805. The van der Waals surface area contributed by atoms with Crippen LogP contribution >= 0.6 is 0 Å². The van der Waals surface area contributed by atoms with Gasteiger partial charge in [0, 0.05) is 37.9 Å². The zero-order chi connectivity index (χ0) is 13.8. The predicted molar refractivity (Wildman–Crippen MR) is 79.1 cm³/mol. The van der Waals surface area contributed by atoms with Crippen molar-refractivity contribution in [2.75, 3.05) is 38.2 Å². The van der Waals surface area contributed by atoms with E-state index < -0.39 is 0 Å². The second-order valence-electron chi connectivity index (χ2n) is 4.71. The molecule has 0 aliphatic carbocycles. The fraction of sp³-hybridized carbons (Fsp3) is 0.333. The highest BCUT2D eigenvalue weighted by molar-refractivity contribution is 5.61. The number of rotatable bonds is 3. The van der Waals surface area contributed by atoms with Crippen LogP contribution in [0.2, 0.25) is 0 Å². The fourth-order valence-electron chi connectivity index (χ4n) is 2.29. The van der Waals surface area contributed by atoms with Crippen LogP contribution in [0, 0.1) is 0 Å². The first-order chi connectivity index (χ1) is 9.86. The lowest BCUT2D eigenvalue weighted by Gasteiger charge is -2.27. The average molecular weight is 270 g/mol. The molecular weight excluding hydrogens is 252 g/mol. The van der Waals surface area contributed by atoms with Crippen LogP contribution in [0.1, 0.15) is 0 Å². The quantitative estimate of drug-likeness (QED) is 0.917. The Bertz CT molecular complexity index is 564. The van der Waals surface area contributed by atoms with Crippen molar-refractivity contribution in [3.8, 4) is 17.0 Å². The van der Waals surface area contributed by atoms with Gasteiger partial charge in [-0.2, -0.15) is 0 Å². The van der Waals surface area contributed by atoms with Crippen molar-refractivity contribution in [1.82, 2.24) is 15.3 Å². The minimum absolute atomic E-state index is 0.805. The fourth-order valence-corrected chi connectivity index (χ4v) is 2.29. The van der Waals surface area contributed by atoms with Gasteiger partial charge in [-0.1, -0.05) is 0 Å². The van der Waals surface area contributed by atoms with Crippen molar-refractivity contribution < 1.29 is 4.74 Å². The number of hydrogen-bond acceptors (Lipinski definition) is 5. The molecular formula is C15H18N4O. The van der Waals surface area contributed by atoms with Gasteiger partial charge >= 0.3 is 0 Å². The van der Waals surface area contributed by atoms with E-state index in [-0.39, 0.29) is 0 Å². The Morgan fingerprint density at radius 2 is 1.85 bits per heavy atom. The molecule has 1 aliphatic rings. The summed E-state index contributed by atoms with van der Waals surface area (Å²) >= 11 is 0. The van der Waals surface area contributed by atoms with Crippen LogP contribution in [0.15, 0.2) is 36.5 Å². The zero-order valence-electron chi connectivity index (χ0n) is 11.5. The number of methoxy groups -OCH3 is 1. The van der Waals surface area contributed by atoms with E-state index in [2.05, 4.69) is 20.2 Å². The highest BCUT2D eigenvalue weighted by atomic mass is 16.5. The van der Waals surface area contributed by atoms with E-state index in [1.54, 1.807) is 7.11 Å². The number of nitrogens with one attached hydrogen (secondary N) is 1. The number of benzene rings is 1. The maximum absolute atomic E-state index is 5.18. The van der Waals surface area contributed by atoms with Gasteiger partial charge in [-0.05, 0) is 30.3 Å². The first kappa shape index (κ1) is 12.9. The van der Waals surface area contributed by atoms with Crippen LogP contribution in [0.5, 0.6) is 5.75 Å². The molecule has 1 aromatic heterocycles. The van der Waals surface area contributed by atoms with Gasteiger partial charge in [-0.25, -0.2) is 9.97 Å². The number of hydrogen-bond donors (Lipinski definition) is 1. The summed E-state index contributed by atoms with van der Waals surface area (Å²) in [6, 6.07) is 9.86. The van der Waals surface area contributed by atoms with Gasteiger partial charge in [0.1, 0.15) is 5.75 Å². The lowest BCUT2D eigenvalue weighted by atomic mass is 10.1. The number of anilines is 1.